The van der Waals surface area contributed by atoms with Crippen molar-refractivity contribution in [2.24, 2.45) is 5.92 Å². The van der Waals surface area contributed by atoms with Crippen LogP contribution in [0.5, 0.6) is 17.2 Å². The van der Waals surface area contributed by atoms with E-state index in [-0.39, 0.29) is 18.7 Å². The fourth-order valence-electron chi connectivity index (χ4n) is 4.99. The molecular formula is C30H27ClF4N2O6. The van der Waals surface area contributed by atoms with Crippen LogP contribution in [0.15, 0.2) is 60.7 Å². The van der Waals surface area contributed by atoms with E-state index in [4.69, 9.17) is 21.1 Å². The van der Waals surface area contributed by atoms with Gasteiger partial charge < -0.3 is 29.2 Å². The van der Waals surface area contributed by atoms with E-state index in [0.717, 1.165) is 0 Å². The van der Waals surface area contributed by atoms with Gasteiger partial charge in [-0.2, -0.15) is 0 Å². The van der Waals surface area contributed by atoms with E-state index >= 15 is 0 Å². The number of nitrogens with one attached hydrogen (secondary N) is 1. The smallest absolute Gasteiger partial charge is 0.497 e. The third kappa shape index (κ3) is 6.90. The molecule has 43 heavy (non-hydrogen) atoms. The van der Waals surface area contributed by atoms with Crippen LogP contribution in [-0.4, -0.2) is 51.3 Å². The number of halogens is 5. The van der Waals surface area contributed by atoms with Gasteiger partial charge in [-0.3, -0.25) is 9.59 Å². The van der Waals surface area contributed by atoms with Crippen molar-refractivity contribution in [3.8, 4) is 17.2 Å². The summed E-state index contributed by atoms with van der Waals surface area (Å²) in [7, 11) is 2.62. The number of carbonyl (C=O) groups is 2. The molecule has 1 aliphatic heterocycles. The number of hydrogen-bond acceptors (Lipinski definition) is 7. The zero-order chi connectivity index (χ0) is 30.9. The highest BCUT2D eigenvalue weighted by molar-refractivity contribution is 6.30. The van der Waals surface area contributed by atoms with Crippen LogP contribution >= 0.6 is 11.6 Å². The number of benzene rings is 3. The monoisotopic (exact) mass is 622 g/mol. The Balaban J connectivity index is 1.42. The van der Waals surface area contributed by atoms with Crippen LogP contribution in [0.3, 0.4) is 0 Å². The molecule has 3 unspecified atom stereocenters. The van der Waals surface area contributed by atoms with Crippen LogP contribution in [-0.2, 0) is 20.7 Å². The Morgan fingerprint density at radius 3 is 2.44 bits per heavy atom. The molecule has 1 fully saturated rings. The summed E-state index contributed by atoms with van der Waals surface area (Å²) in [5.74, 6) is -1.88. The van der Waals surface area contributed by atoms with Crippen LogP contribution < -0.4 is 24.4 Å². The van der Waals surface area contributed by atoms with Crippen molar-refractivity contribution in [2.45, 2.75) is 30.9 Å². The molecule has 5 rings (SSSR count). The molecule has 0 aromatic heterocycles. The Hall–Kier alpha value is -4.19. The Morgan fingerprint density at radius 1 is 1.05 bits per heavy atom. The number of fused-ring (bicyclic) bond motifs is 1. The first-order valence-corrected chi connectivity index (χ1v) is 13.6. The molecule has 228 valence electrons. The molecule has 13 heteroatoms. The summed E-state index contributed by atoms with van der Waals surface area (Å²) < 4.78 is 73.3. The van der Waals surface area contributed by atoms with Gasteiger partial charge in [0.25, 0.3) is 5.91 Å². The van der Waals surface area contributed by atoms with Gasteiger partial charge in [0.1, 0.15) is 29.9 Å². The number of carbonyl (C=O) groups excluding carboxylic acids is 2. The molecule has 0 spiro atoms. The average Bonchev–Trinajstić information content (AvgIpc) is 3.47. The summed E-state index contributed by atoms with van der Waals surface area (Å²) in [6, 6.07) is 14.1. The molecule has 3 aromatic carbocycles. The lowest BCUT2D eigenvalue weighted by molar-refractivity contribution is -0.274. The molecule has 0 radical (unpaired) electrons. The molecule has 1 saturated carbocycles. The van der Waals surface area contributed by atoms with Crippen LogP contribution in [0.1, 0.15) is 23.6 Å². The van der Waals surface area contributed by atoms with Crippen LogP contribution in [0.25, 0.3) is 0 Å². The van der Waals surface area contributed by atoms with Gasteiger partial charge in [0, 0.05) is 47.9 Å². The summed E-state index contributed by atoms with van der Waals surface area (Å²) >= 11 is 6.08. The minimum atomic E-state index is -4.89. The third-order valence-electron chi connectivity index (χ3n) is 7.30. The molecule has 1 aliphatic carbocycles. The Labute approximate surface area is 249 Å². The lowest BCUT2D eigenvalue weighted by Gasteiger charge is -2.27. The summed E-state index contributed by atoms with van der Waals surface area (Å²) in [6.07, 6.45) is -4.47. The normalized spacial score (nSPS) is 19.7. The second-order valence-electron chi connectivity index (χ2n) is 10.2. The fraction of sp³-hybridized carbons (Fsp3) is 0.333. The second-order valence-corrected chi connectivity index (χ2v) is 10.6. The lowest BCUT2D eigenvalue weighted by Crippen LogP contribution is -2.37. The van der Waals surface area contributed by atoms with Gasteiger partial charge in [-0.05, 0) is 35.7 Å². The number of alkyl halides is 4. The van der Waals surface area contributed by atoms with E-state index in [1.54, 1.807) is 36.4 Å². The van der Waals surface area contributed by atoms with Crippen molar-refractivity contribution in [2.75, 3.05) is 37.6 Å². The van der Waals surface area contributed by atoms with Crippen molar-refractivity contribution in [3.05, 3.63) is 76.8 Å². The molecule has 3 atom stereocenters. The average molecular weight is 623 g/mol. The van der Waals surface area contributed by atoms with Crippen molar-refractivity contribution in [3.63, 3.8) is 0 Å². The summed E-state index contributed by atoms with van der Waals surface area (Å²) in [5.41, 5.74) is 0.0471. The van der Waals surface area contributed by atoms with E-state index < -0.39 is 48.2 Å². The highest BCUT2D eigenvalue weighted by Crippen LogP contribution is 2.48. The predicted molar refractivity (Wildman–Crippen MR) is 149 cm³/mol. The number of anilines is 2. The van der Waals surface area contributed by atoms with Gasteiger partial charge in [0.15, 0.2) is 5.67 Å². The van der Waals surface area contributed by atoms with Gasteiger partial charge in [-0.15, -0.1) is 13.2 Å². The van der Waals surface area contributed by atoms with E-state index in [1.807, 2.05) is 0 Å². The predicted octanol–water partition coefficient (Wildman–Crippen LogP) is 6.27. The molecule has 0 bridgehead atoms. The van der Waals surface area contributed by atoms with E-state index in [1.165, 1.54) is 43.4 Å². The quantitative estimate of drug-likeness (QED) is 0.211. The molecule has 8 nitrogen and oxygen atoms in total. The van der Waals surface area contributed by atoms with Crippen LogP contribution in [0.4, 0.5) is 28.9 Å². The summed E-state index contributed by atoms with van der Waals surface area (Å²) in [5, 5.41) is 3.61. The van der Waals surface area contributed by atoms with Gasteiger partial charge >= 0.3 is 12.3 Å². The van der Waals surface area contributed by atoms with E-state index in [2.05, 4.69) is 14.8 Å². The second kappa shape index (κ2) is 11.8. The maximum absolute atomic E-state index is 14.9. The minimum Gasteiger partial charge on any atom is -0.497 e. The maximum Gasteiger partial charge on any atom is 0.573 e. The Kier molecular flexibility index (Phi) is 8.33. The van der Waals surface area contributed by atoms with Crippen molar-refractivity contribution in [1.82, 2.24) is 0 Å². The van der Waals surface area contributed by atoms with Crippen molar-refractivity contribution in [1.29, 1.82) is 0 Å². The molecule has 1 heterocycles. The van der Waals surface area contributed by atoms with Gasteiger partial charge in [0.2, 0.25) is 0 Å². The van der Waals surface area contributed by atoms with Crippen molar-refractivity contribution >= 4 is 34.9 Å². The minimum absolute atomic E-state index is 0.0189. The number of hydrogen-bond donors (Lipinski definition) is 1. The first-order valence-electron chi connectivity index (χ1n) is 13.2. The largest absolute Gasteiger partial charge is 0.573 e. The van der Waals surface area contributed by atoms with Crippen LogP contribution in [0, 0.1) is 5.92 Å². The third-order valence-corrected chi connectivity index (χ3v) is 7.55. The number of amides is 1. The summed E-state index contributed by atoms with van der Waals surface area (Å²) in [4.78, 5) is 27.2. The highest BCUT2D eigenvalue weighted by atomic mass is 35.5. The topological polar surface area (TPSA) is 86.3 Å². The number of ether oxygens (including phenoxy) is 4. The van der Waals surface area contributed by atoms with E-state index in [9.17, 15) is 27.2 Å². The molecule has 1 N–H and O–H groups in total. The SMILES string of the molecule is COC(=O)C1CC1(F)COc1cc(NC(C(=O)N2CCc3ccc(OC(F)(F)F)cc32)c2ccc(Cl)cc2)cc(OC)c1. The number of nitrogens with zero attached hydrogens (tertiary/aromatic N) is 1. The number of rotatable bonds is 10. The zero-order valence-electron chi connectivity index (χ0n) is 23.0. The van der Waals surface area contributed by atoms with Crippen LogP contribution in [0.2, 0.25) is 5.02 Å². The van der Waals surface area contributed by atoms with Gasteiger partial charge in [-0.1, -0.05) is 29.8 Å². The number of methoxy groups -OCH3 is 2. The first kappa shape index (κ1) is 30.3. The molecule has 1 amide bonds. The molecule has 3 aromatic rings. The van der Waals surface area contributed by atoms with Crippen molar-refractivity contribution < 1.29 is 46.1 Å². The zero-order valence-corrected chi connectivity index (χ0v) is 23.8. The Bertz CT molecular complexity index is 1520. The summed E-state index contributed by atoms with van der Waals surface area (Å²) in [6.45, 7) is -0.159. The number of esters is 1. The van der Waals surface area contributed by atoms with Gasteiger partial charge in [0.05, 0.1) is 25.8 Å². The molecule has 0 saturated heterocycles. The molecule has 2 aliphatic rings. The van der Waals surface area contributed by atoms with Gasteiger partial charge in [-0.25, -0.2) is 4.39 Å². The highest BCUT2D eigenvalue weighted by Gasteiger charge is 2.61. The van der Waals surface area contributed by atoms with E-state index in [0.29, 0.717) is 39.7 Å². The maximum atomic E-state index is 14.9. The fourth-order valence-corrected chi connectivity index (χ4v) is 5.11. The Morgan fingerprint density at radius 2 is 1.77 bits per heavy atom. The lowest BCUT2D eigenvalue weighted by atomic mass is 10.0. The first-order chi connectivity index (χ1) is 20.4. The molecular weight excluding hydrogens is 596 g/mol. The standard InChI is InChI=1S/C30H27ClF4N2O6/c1-40-22-11-20(12-23(13-22)42-16-29(32)15-24(29)28(39)41-2)36-26(18-3-6-19(31)7-4-18)27(38)37-10-9-17-5-8-21(14-25(17)37)43-30(33,34)35/h3-8,11-14,24,26,36H,9-10,15-16H2,1-2H3.